The number of anilines is 3. The molecule has 8 heteroatoms. The number of aryl methyl sites for hydroxylation is 1. The van der Waals surface area contributed by atoms with Gasteiger partial charge in [0.25, 0.3) is 0 Å². The summed E-state index contributed by atoms with van der Waals surface area (Å²) >= 11 is 6.14. The third-order valence-electron chi connectivity index (χ3n) is 4.00. The van der Waals surface area contributed by atoms with Crippen molar-refractivity contribution in [3.05, 3.63) is 35.0 Å². The Kier molecular flexibility index (Phi) is 4.80. The Morgan fingerprint density at radius 1 is 1.25 bits per heavy atom. The van der Waals surface area contributed by atoms with E-state index in [4.69, 9.17) is 11.6 Å². The largest absolute Gasteiger partial charge is 0.339 e. The summed E-state index contributed by atoms with van der Waals surface area (Å²) in [5.41, 5.74) is 1.87. The summed E-state index contributed by atoms with van der Waals surface area (Å²) in [6.45, 7) is 6.28. The second-order valence-electron chi connectivity index (χ2n) is 5.72. The van der Waals surface area contributed by atoms with Gasteiger partial charge in [-0.25, -0.2) is 0 Å². The predicted molar refractivity (Wildman–Crippen MR) is 93.8 cm³/mol. The van der Waals surface area contributed by atoms with Crippen molar-refractivity contribution in [2.75, 3.05) is 36.4 Å². The fourth-order valence-corrected chi connectivity index (χ4v) is 2.71. The molecule has 0 aliphatic carbocycles. The highest BCUT2D eigenvalue weighted by atomic mass is 35.5. The maximum absolute atomic E-state index is 11.4. The Morgan fingerprint density at radius 2 is 2.00 bits per heavy atom. The maximum atomic E-state index is 11.4. The zero-order valence-electron chi connectivity index (χ0n) is 13.7. The summed E-state index contributed by atoms with van der Waals surface area (Å²) in [7, 11) is 0. The van der Waals surface area contributed by atoms with E-state index in [2.05, 4.69) is 20.5 Å². The van der Waals surface area contributed by atoms with Gasteiger partial charge in [-0.05, 0) is 24.6 Å². The summed E-state index contributed by atoms with van der Waals surface area (Å²) in [6, 6.07) is 5.74. The molecule has 1 fully saturated rings. The van der Waals surface area contributed by atoms with Crippen LogP contribution in [0.1, 0.15) is 12.5 Å². The number of nitrogens with one attached hydrogen (secondary N) is 1. The van der Waals surface area contributed by atoms with Gasteiger partial charge in [0.2, 0.25) is 11.9 Å². The number of amides is 1. The van der Waals surface area contributed by atoms with Crippen molar-refractivity contribution in [3.63, 3.8) is 0 Å². The lowest BCUT2D eigenvalue weighted by atomic mass is 10.2. The lowest BCUT2D eigenvalue weighted by molar-refractivity contribution is -0.129. The number of nitrogens with zero attached hydrogens (tertiary/aromatic N) is 5. The quantitative estimate of drug-likeness (QED) is 0.918. The summed E-state index contributed by atoms with van der Waals surface area (Å²) in [5, 5.41) is 12.0. The summed E-state index contributed by atoms with van der Waals surface area (Å²) in [5.74, 6) is 1.26. The number of carbonyl (C=O) groups excluding carboxylic acids is 1. The molecule has 1 amide bonds. The monoisotopic (exact) mass is 346 g/mol. The lowest BCUT2D eigenvalue weighted by Gasteiger charge is -2.33. The molecule has 1 aromatic heterocycles. The number of halogens is 1. The van der Waals surface area contributed by atoms with E-state index in [-0.39, 0.29) is 5.91 Å². The average Bonchev–Trinajstić information content (AvgIpc) is 2.58. The Bertz CT molecular complexity index is 745. The highest BCUT2D eigenvalue weighted by molar-refractivity contribution is 6.31. The van der Waals surface area contributed by atoms with Gasteiger partial charge in [0.15, 0.2) is 5.82 Å². The summed E-state index contributed by atoms with van der Waals surface area (Å²) < 4.78 is 0. The number of rotatable bonds is 3. The Morgan fingerprint density at radius 3 is 2.67 bits per heavy atom. The molecule has 0 atom stereocenters. The molecule has 1 aliphatic rings. The molecule has 24 heavy (non-hydrogen) atoms. The van der Waals surface area contributed by atoms with Gasteiger partial charge in [-0.3, -0.25) is 4.79 Å². The number of benzene rings is 1. The van der Waals surface area contributed by atoms with Gasteiger partial charge in [-0.15, -0.1) is 5.10 Å². The number of carbonyl (C=O) groups is 1. The molecule has 3 rings (SSSR count). The molecule has 1 saturated heterocycles. The maximum Gasteiger partial charge on any atom is 0.247 e. The van der Waals surface area contributed by atoms with Crippen LogP contribution in [-0.4, -0.2) is 52.2 Å². The van der Waals surface area contributed by atoms with Crippen molar-refractivity contribution in [1.29, 1.82) is 0 Å². The third kappa shape index (κ3) is 3.73. The number of aromatic nitrogens is 3. The first-order chi connectivity index (χ1) is 11.5. The van der Waals surface area contributed by atoms with Crippen LogP contribution in [0.5, 0.6) is 0 Å². The molecular weight excluding hydrogens is 328 g/mol. The Hall–Kier alpha value is -2.41. The fraction of sp³-hybridized carbons (Fsp3) is 0.375. The van der Waals surface area contributed by atoms with Gasteiger partial charge in [0.05, 0.1) is 6.20 Å². The van der Waals surface area contributed by atoms with Gasteiger partial charge < -0.3 is 15.1 Å². The fourth-order valence-electron chi connectivity index (χ4n) is 2.53. The lowest BCUT2D eigenvalue weighted by Crippen LogP contribution is -2.48. The SMILES string of the molecule is CC(=O)N1CCN(c2nncc(Nc3ccc(C)c(Cl)c3)n2)CC1. The smallest absolute Gasteiger partial charge is 0.247 e. The van der Waals surface area contributed by atoms with Crippen molar-refractivity contribution in [1.82, 2.24) is 20.1 Å². The number of hydrogen-bond donors (Lipinski definition) is 1. The van der Waals surface area contributed by atoms with E-state index < -0.39 is 0 Å². The van der Waals surface area contributed by atoms with Crippen LogP contribution >= 0.6 is 11.6 Å². The molecule has 2 heterocycles. The summed E-state index contributed by atoms with van der Waals surface area (Å²) in [6.07, 6.45) is 1.57. The van der Waals surface area contributed by atoms with Crippen molar-refractivity contribution in [2.24, 2.45) is 0 Å². The first-order valence-electron chi connectivity index (χ1n) is 7.76. The molecule has 0 radical (unpaired) electrons. The molecule has 0 spiro atoms. The standard InChI is InChI=1S/C16H19ClN6O/c1-11-3-4-13(9-14(11)17)19-15-10-18-21-16(20-15)23-7-5-22(6-8-23)12(2)24/h3-4,9-10H,5-8H2,1-2H3,(H,19,20,21). The van der Waals surface area contributed by atoms with E-state index >= 15 is 0 Å². The first-order valence-corrected chi connectivity index (χ1v) is 8.14. The van der Waals surface area contributed by atoms with Crippen LogP contribution in [0.25, 0.3) is 0 Å². The van der Waals surface area contributed by atoms with Crippen LogP contribution in [-0.2, 0) is 4.79 Å². The topological polar surface area (TPSA) is 74.2 Å². The van der Waals surface area contributed by atoms with E-state index in [1.165, 1.54) is 0 Å². The Labute approximate surface area is 145 Å². The average molecular weight is 347 g/mol. The highest BCUT2D eigenvalue weighted by Gasteiger charge is 2.20. The molecule has 2 aromatic rings. The van der Waals surface area contributed by atoms with Crippen molar-refractivity contribution in [3.8, 4) is 0 Å². The molecule has 1 aliphatic heterocycles. The molecule has 0 bridgehead atoms. The normalized spacial score (nSPS) is 14.6. The first kappa shape index (κ1) is 16.4. The van der Waals surface area contributed by atoms with E-state index in [9.17, 15) is 4.79 Å². The highest BCUT2D eigenvalue weighted by Crippen LogP contribution is 2.22. The van der Waals surface area contributed by atoms with Gasteiger partial charge >= 0.3 is 0 Å². The van der Waals surface area contributed by atoms with Crippen LogP contribution in [0.4, 0.5) is 17.5 Å². The van der Waals surface area contributed by atoms with Gasteiger partial charge in [-0.2, -0.15) is 10.1 Å². The minimum Gasteiger partial charge on any atom is -0.339 e. The molecule has 0 unspecified atom stereocenters. The van der Waals surface area contributed by atoms with Gasteiger partial charge in [0, 0.05) is 43.8 Å². The second kappa shape index (κ2) is 7.00. The molecule has 7 nitrogen and oxygen atoms in total. The molecule has 1 N–H and O–H groups in total. The van der Waals surface area contributed by atoms with Gasteiger partial charge in [-0.1, -0.05) is 17.7 Å². The molecule has 1 aromatic carbocycles. The van der Waals surface area contributed by atoms with E-state index in [0.717, 1.165) is 11.3 Å². The molecule has 126 valence electrons. The number of hydrogen-bond acceptors (Lipinski definition) is 6. The summed E-state index contributed by atoms with van der Waals surface area (Å²) in [4.78, 5) is 19.7. The minimum absolute atomic E-state index is 0.0976. The van der Waals surface area contributed by atoms with Crippen molar-refractivity contribution in [2.45, 2.75) is 13.8 Å². The number of piperazine rings is 1. The third-order valence-corrected chi connectivity index (χ3v) is 4.41. The van der Waals surface area contributed by atoms with Crippen molar-refractivity contribution >= 4 is 35.0 Å². The van der Waals surface area contributed by atoms with Crippen molar-refractivity contribution < 1.29 is 4.79 Å². The molecule has 0 saturated carbocycles. The van der Waals surface area contributed by atoms with Crippen LogP contribution in [0.15, 0.2) is 24.4 Å². The van der Waals surface area contributed by atoms with Crippen LogP contribution in [0, 0.1) is 6.92 Å². The Balaban J connectivity index is 1.70. The van der Waals surface area contributed by atoms with E-state index in [1.54, 1.807) is 13.1 Å². The predicted octanol–water partition coefficient (Wildman–Crippen LogP) is 2.25. The zero-order chi connectivity index (χ0) is 17.1. The van der Waals surface area contributed by atoms with Crippen LogP contribution < -0.4 is 10.2 Å². The minimum atomic E-state index is 0.0976. The van der Waals surface area contributed by atoms with Crippen LogP contribution in [0.3, 0.4) is 0 Å². The van der Waals surface area contributed by atoms with E-state index in [0.29, 0.717) is 43.0 Å². The second-order valence-corrected chi connectivity index (χ2v) is 6.13. The van der Waals surface area contributed by atoms with E-state index in [1.807, 2.05) is 34.9 Å². The van der Waals surface area contributed by atoms with Gasteiger partial charge in [0.1, 0.15) is 0 Å². The molecular formula is C16H19ClN6O. The zero-order valence-corrected chi connectivity index (χ0v) is 14.4. The van der Waals surface area contributed by atoms with Crippen LogP contribution in [0.2, 0.25) is 5.02 Å².